The van der Waals surface area contributed by atoms with Crippen LogP contribution in [-0.2, 0) is 9.47 Å². The molecular weight excluding hydrogens is 192 g/mol. The highest BCUT2D eigenvalue weighted by Gasteiger charge is 2.41. The van der Waals surface area contributed by atoms with Crippen LogP contribution in [-0.4, -0.2) is 18.4 Å². The van der Waals surface area contributed by atoms with Gasteiger partial charge in [0.1, 0.15) is 6.10 Å². The third-order valence-corrected chi connectivity index (χ3v) is 2.53. The summed E-state index contributed by atoms with van der Waals surface area (Å²) < 4.78 is 10.3. The standard InChI is InChI=1S/C12H14O3/c1-3-10-12(14-10)15-11(13)9-7-5-4-6-8(9)2/h4-7,10,12H,3H2,1-2H3. The average Bonchev–Trinajstić information content (AvgIpc) is 2.97. The van der Waals surface area contributed by atoms with Gasteiger partial charge in [-0.25, -0.2) is 4.79 Å². The lowest BCUT2D eigenvalue weighted by molar-refractivity contribution is 0.0296. The maximum Gasteiger partial charge on any atom is 0.340 e. The van der Waals surface area contributed by atoms with Gasteiger partial charge in [-0.05, 0) is 25.0 Å². The van der Waals surface area contributed by atoms with Crippen molar-refractivity contribution in [2.45, 2.75) is 32.7 Å². The third kappa shape index (κ3) is 2.18. The van der Waals surface area contributed by atoms with E-state index in [9.17, 15) is 4.79 Å². The van der Waals surface area contributed by atoms with Crippen LogP contribution in [0.4, 0.5) is 0 Å². The molecule has 0 aliphatic carbocycles. The van der Waals surface area contributed by atoms with E-state index in [0.29, 0.717) is 5.56 Å². The largest absolute Gasteiger partial charge is 0.429 e. The second kappa shape index (κ2) is 4.03. The maximum absolute atomic E-state index is 11.7. The molecule has 1 aromatic carbocycles. The highest BCUT2D eigenvalue weighted by atomic mass is 16.8. The molecule has 2 unspecified atom stereocenters. The van der Waals surface area contributed by atoms with Crippen molar-refractivity contribution in [3.63, 3.8) is 0 Å². The van der Waals surface area contributed by atoms with Crippen LogP contribution in [0.15, 0.2) is 24.3 Å². The summed E-state index contributed by atoms with van der Waals surface area (Å²) >= 11 is 0. The topological polar surface area (TPSA) is 38.8 Å². The first kappa shape index (κ1) is 10.2. The van der Waals surface area contributed by atoms with Gasteiger partial charge < -0.3 is 9.47 Å². The number of ether oxygens (including phenoxy) is 2. The van der Waals surface area contributed by atoms with Crippen LogP contribution >= 0.6 is 0 Å². The van der Waals surface area contributed by atoms with Crippen LogP contribution in [0.2, 0.25) is 0 Å². The van der Waals surface area contributed by atoms with E-state index in [2.05, 4.69) is 0 Å². The zero-order valence-electron chi connectivity index (χ0n) is 8.90. The van der Waals surface area contributed by atoms with Crippen LogP contribution in [0, 0.1) is 6.92 Å². The summed E-state index contributed by atoms with van der Waals surface area (Å²) in [5.41, 5.74) is 1.54. The van der Waals surface area contributed by atoms with E-state index in [1.807, 2.05) is 32.0 Å². The van der Waals surface area contributed by atoms with Crippen molar-refractivity contribution in [2.24, 2.45) is 0 Å². The second-order valence-corrected chi connectivity index (χ2v) is 3.67. The van der Waals surface area contributed by atoms with Crippen LogP contribution in [0.3, 0.4) is 0 Å². The van der Waals surface area contributed by atoms with Crippen LogP contribution < -0.4 is 0 Å². The molecule has 1 aliphatic rings. The van der Waals surface area contributed by atoms with Crippen LogP contribution in [0.25, 0.3) is 0 Å². The number of epoxide rings is 1. The van der Waals surface area contributed by atoms with Crippen molar-refractivity contribution in [3.8, 4) is 0 Å². The number of esters is 1. The highest BCUT2D eigenvalue weighted by molar-refractivity contribution is 5.91. The molecule has 15 heavy (non-hydrogen) atoms. The first-order valence-electron chi connectivity index (χ1n) is 5.14. The van der Waals surface area contributed by atoms with Gasteiger partial charge >= 0.3 is 5.97 Å². The molecule has 2 rings (SSSR count). The van der Waals surface area contributed by atoms with Crippen LogP contribution in [0.5, 0.6) is 0 Å². The second-order valence-electron chi connectivity index (χ2n) is 3.67. The number of carbonyl (C=O) groups is 1. The van der Waals surface area contributed by atoms with Crippen LogP contribution in [0.1, 0.15) is 29.3 Å². The van der Waals surface area contributed by atoms with Crippen molar-refractivity contribution in [1.82, 2.24) is 0 Å². The van der Waals surface area contributed by atoms with Gasteiger partial charge in [-0.1, -0.05) is 25.1 Å². The molecule has 1 heterocycles. The van der Waals surface area contributed by atoms with Crippen molar-refractivity contribution >= 4 is 5.97 Å². The fourth-order valence-electron chi connectivity index (χ4n) is 1.49. The fourth-order valence-corrected chi connectivity index (χ4v) is 1.49. The van der Waals surface area contributed by atoms with Gasteiger partial charge in [0.25, 0.3) is 0 Å². The first-order chi connectivity index (χ1) is 7.22. The third-order valence-electron chi connectivity index (χ3n) is 2.53. The van der Waals surface area contributed by atoms with Gasteiger partial charge in [-0.3, -0.25) is 0 Å². The van der Waals surface area contributed by atoms with Gasteiger partial charge in [0.15, 0.2) is 0 Å². The number of benzene rings is 1. The lowest BCUT2D eigenvalue weighted by atomic mass is 10.1. The molecule has 1 aromatic rings. The minimum absolute atomic E-state index is 0.0953. The zero-order valence-corrected chi connectivity index (χ0v) is 8.90. The first-order valence-corrected chi connectivity index (χ1v) is 5.14. The summed E-state index contributed by atoms with van der Waals surface area (Å²) in [6, 6.07) is 7.38. The Morgan fingerprint density at radius 1 is 1.47 bits per heavy atom. The van der Waals surface area contributed by atoms with Crippen molar-refractivity contribution in [2.75, 3.05) is 0 Å². The number of aryl methyl sites for hydroxylation is 1. The van der Waals surface area contributed by atoms with Crippen molar-refractivity contribution in [3.05, 3.63) is 35.4 Å². The molecule has 3 heteroatoms. The Bertz CT molecular complexity index is 373. The zero-order chi connectivity index (χ0) is 10.8. The SMILES string of the molecule is CCC1OC1OC(=O)c1ccccc1C. The summed E-state index contributed by atoms with van der Waals surface area (Å²) in [7, 11) is 0. The van der Waals surface area contributed by atoms with E-state index < -0.39 is 0 Å². The van der Waals surface area contributed by atoms with E-state index in [1.54, 1.807) is 6.07 Å². The molecule has 1 aliphatic heterocycles. The molecule has 2 atom stereocenters. The van der Waals surface area contributed by atoms with E-state index in [0.717, 1.165) is 12.0 Å². The minimum Gasteiger partial charge on any atom is -0.429 e. The molecule has 0 radical (unpaired) electrons. The Balaban J connectivity index is 2.00. The molecule has 3 nitrogen and oxygen atoms in total. The Morgan fingerprint density at radius 3 is 2.80 bits per heavy atom. The summed E-state index contributed by atoms with van der Waals surface area (Å²) in [6.07, 6.45) is 0.645. The molecule has 80 valence electrons. The minimum atomic E-state index is -0.331. The molecule has 0 aromatic heterocycles. The van der Waals surface area contributed by atoms with Gasteiger partial charge in [0.2, 0.25) is 6.29 Å². The maximum atomic E-state index is 11.7. The predicted molar refractivity (Wildman–Crippen MR) is 55.5 cm³/mol. The van der Waals surface area contributed by atoms with E-state index >= 15 is 0 Å². The molecular formula is C12H14O3. The number of hydrogen-bond acceptors (Lipinski definition) is 3. The highest BCUT2D eigenvalue weighted by Crippen LogP contribution is 2.27. The monoisotopic (exact) mass is 206 g/mol. The molecule has 0 saturated carbocycles. The summed E-state index contributed by atoms with van der Waals surface area (Å²) in [6.45, 7) is 3.90. The number of rotatable bonds is 3. The van der Waals surface area contributed by atoms with Gasteiger partial charge in [-0.2, -0.15) is 0 Å². The molecule has 0 spiro atoms. The molecule has 0 bridgehead atoms. The quantitative estimate of drug-likeness (QED) is 0.562. The summed E-state index contributed by atoms with van der Waals surface area (Å²) in [5.74, 6) is -0.297. The predicted octanol–water partition coefficient (Wildman–Crippen LogP) is 2.29. The molecule has 0 N–H and O–H groups in total. The number of carbonyl (C=O) groups excluding carboxylic acids is 1. The van der Waals surface area contributed by atoms with Gasteiger partial charge in [0.05, 0.1) is 5.56 Å². The fraction of sp³-hybridized carbons (Fsp3) is 0.417. The van der Waals surface area contributed by atoms with E-state index in [1.165, 1.54) is 0 Å². The summed E-state index contributed by atoms with van der Waals surface area (Å²) in [5, 5.41) is 0. The van der Waals surface area contributed by atoms with Gasteiger partial charge in [0, 0.05) is 0 Å². The van der Waals surface area contributed by atoms with E-state index in [-0.39, 0.29) is 18.4 Å². The Labute approximate surface area is 89.0 Å². The Hall–Kier alpha value is -1.35. The Kier molecular flexibility index (Phi) is 2.73. The Morgan fingerprint density at radius 2 is 2.20 bits per heavy atom. The van der Waals surface area contributed by atoms with Crippen molar-refractivity contribution in [1.29, 1.82) is 0 Å². The molecule has 0 amide bonds. The number of hydrogen-bond donors (Lipinski definition) is 0. The van der Waals surface area contributed by atoms with Crippen molar-refractivity contribution < 1.29 is 14.3 Å². The van der Waals surface area contributed by atoms with E-state index in [4.69, 9.17) is 9.47 Å². The average molecular weight is 206 g/mol. The summed E-state index contributed by atoms with van der Waals surface area (Å²) in [4.78, 5) is 11.7. The molecule has 1 saturated heterocycles. The lowest BCUT2D eigenvalue weighted by Gasteiger charge is -2.03. The normalized spacial score (nSPS) is 23.6. The van der Waals surface area contributed by atoms with Gasteiger partial charge in [-0.15, -0.1) is 0 Å². The smallest absolute Gasteiger partial charge is 0.340 e. The molecule has 1 fully saturated rings. The lowest BCUT2D eigenvalue weighted by Crippen LogP contribution is -2.10.